The molecule has 24 heavy (non-hydrogen) atoms. The van der Waals surface area contributed by atoms with Gasteiger partial charge in [0, 0.05) is 23.3 Å². The molecule has 1 nitrogen and oxygen atoms in total. The second-order valence-electron chi connectivity index (χ2n) is 6.80. The van der Waals surface area contributed by atoms with Crippen molar-refractivity contribution in [1.29, 1.82) is 0 Å². The van der Waals surface area contributed by atoms with Gasteiger partial charge in [-0.1, -0.05) is 42.5 Å². The summed E-state index contributed by atoms with van der Waals surface area (Å²) in [6, 6.07) is 18.7. The highest BCUT2D eigenvalue weighted by Gasteiger charge is 2.46. The molecule has 1 saturated heterocycles. The summed E-state index contributed by atoms with van der Waals surface area (Å²) >= 11 is 1.80. The highest BCUT2D eigenvalue weighted by atomic mass is 32.2. The lowest BCUT2D eigenvalue weighted by Gasteiger charge is -2.35. The Bertz CT molecular complexity index is 790. The monoisotopic (exact) mass is 334 g/mol. The number of nitrogens with zero attached hydrogens (tertiary/aromatic N) is 1. The third-order valence-electron chi connectivity index (χ3n) is 5.55. The van der Waals surface area contributed by atoms with Crippen LogP contribution in [-0.4, -0.2) is 23.6 Å². The zero-order chi connectivity index (χ0) is 16.6. The minimum atomic E-state index is -0.0872. The number of allylic oxidation sites excluding steroid dienone is 1. The van der Waals surface area contributed by atoms with E-state index in [1.54, 1.807) is 11.8 Å². The van der Waals surface area contributed by atoms with E-state index in [2.05, 4.69) is 78.2 Å². The third-order valence-corrected chi connectivity index (χ3v) is 6.30. The van der Waals surface area contributed by atoms with E-state index >= 15 is 0 Å². The van der Waals surface area contributed by atoms with Gasteiger partial charge in [0.2, 0.25) is 0 Å². The average molecular weight is 335 g/mol. The Morgan fingerprint density at radius 2 is 2.00 bits per heavy atom. The maximum atomic E-state index is 4.07. The number of hydrogen-bond donors (Lipinski definition) is 0. The molecule has 122 valence electrons. The molecular weight excluding hydrogens is 310 g/mol. The molecule has 0 bridgehead atoms. The van der Waals surface area contributed by atoms with Crippen LogP contribution in [0.1, 0.15) is 42.0 Å². The van der Waals surface area contributed by atoms with E-state index < -0.39 is 0 Å². The van der Waals surface area contributed by atoms with Crippen LogP contribution < -0.4 is 0 Å². The molecule has 2 aromatic carbocycles. The number of rotatable bonds is 4. The summed E-state index contributed by atoms with van der Waals surface area (Å²) in [7, 11) is 0. The fraction of sp³-hybridized carbons (Fsp3) is 0.318. The van der Waals surface area contributed by atoms with Gasteiger partial charge in [0.1, 0.15) is 12.0 Å². The van der Waals surface area contributed by atoms with Crippen LogP contribution in [0.4, 0.5) is 0 Å². The van der Waals surface area contributed by atoms with Crippen LogP contribution >= 0.6 is 11.8 Å². The third kappa shape index (κ3) is 2.36. The largest absolute Gasteiger partial charge is 0.231 e. The Morgan fingerprint density at radius 1 is 1.21 bits per heavy atom. The Hall–Kier alpha value is -1.80. The predicted molar refractivity (Wildman–Crippen MR) is 103 cm³/mol. The van der Waals surface area contributed by atoms with Crippen LogP contribution in [0.2, 0.25) is 0 Å². The van der Waals surface area contributed by atoms with Crippen LogP contribution in [0.25, 0.3) is 0 Å². The molecule has 0 unspecified atom stereocenters. The van der Waals surface area contributed by atoms with Gasteiger partial charge in [-0.15, -0.1) is 18.3 Å². The summed E-state index contributed by atoms with van der Waals surface area (Å²) < 4.78 is 2.58. The van der Waals surface area contributed by atoms with Crippen molar-refractivity contribution in [3.05, 3.63) is 77.9 Å². The zero-order valence-corrected chi connectivity index (χ0v) is 15.1. The molecule has 0 spiro atoms. The van der Waals surface area contributed by atoms with Crippen LogP contribution in [0.3, 0.4) is 0 Å². The molecule has 4 rings (SSSR count). The van der Waals surface area contributed by atoms with Crippen molar-refractivity contribution >= 4 is 18.0 Å². The molecule has 0 aromatic heterocycles. The van der Waals surface area contributed by atoms with Gasteiger partial charge in [-0.2, -0.15) is 0 Å². The summed E-state index contributed by atoms with van der Waals surface area (Å²) in [5.74, 6) is 0. The number of thioether (sulfide) groups is 1. The number of hydrogen-bond acceptors (Lipinski definition) is 1. The predicted octanol–water partition coefficient (Wildman–Crippen LogP) is 5.20. The van der Waals surface area contributed by atoms with E-state index in [9.17, 15) is 0 Å². The van der Waals surface area contributed by atoms with Crippen molar-refractivity contribution in [2.45, 2.75) is 35.6 Å². The molecule has 0 aliphatic carbocycles. The van der Waals surface area contributed by atoms with Gasteiger partial charge in [0.05, 0.1) is 0 Å². The normalized spacial score (nSPS) is 24.9. The van der Waals surface area contributed by atoms with Crippen LogP contribution in [-0.2, 0) is 5.41 Å². The maximum Gasteiger partial charge on any atom is 0.178 e. The summed E-state index contributed by atoms with van der Waals surface area (Å²) in [6.45, 7) is 5.24. The Morgan fingerprint density at radius 3 is 2.75 bits per heavy atom. The fourth-order valence-corrected chi connectivity index (χ4v) is 4.86. The smallest absolute Gasteiger partial charge is 0.178 e. The molecule has 2 aromatic rings. The molecular formula is C22H24NS+. The van der Waals surface area contributed by atoms with Crippen molar-refractivity contribution in [3.63, 3.8) is 0 Å². The molecule has 2 aliphatic heterocycles. The van der Waals surface area contributed by atoms with Gasteiger partial charge in [-0.05, 0) is 35.9 Å². The minimum Gasteiger partial charge on any atom is -0.231 e. The molecule has 2 atom stereocenters. The molecule has 2 aliphatic rings. The Labute approximate surface area is 149 Å². The molecule has 0 amide bonds. The highest BCUT2D eigenvalue weighted by molar-refractivity contribution is 7.98. The topological polar surface area (TPSA) is 3.01 Å². The SMILES string of the molecule is C=CC[C@]1(c2ccc(SC)cc2)C=[N+]2CCC[C@@H]2c2ccccc21. The number of fused-ring (bicyclic) bond motifs is 3. The second kappa shape index (κ2) is 6.25. The summed E-state index contributed by atoms with van der Waals surface area (Å²) in [6.07, 6.45) is 10.2. The Balaban J connectivity index is 1.95. The van der Waals surface area contributed by atoms with Crippen molar-refractivity contribution in [1.82, 2.24) is 0 Å². The zero-order valence-electron chi connectivity index (χ0n) is 14.2. The average Bonchev–Trinajstić information content (AvgIpc) is 3.10. The first-order valence-electron chi connectivity index (χ1n) is 8.75. The van der Waals surface area contributed by atoms with Gasteiger partial charge in [0.25, 0.3) is 0 Å². The first-order valence-corrected chi connectivity index (χ1v) is 9.97. The van der Waals surface area contributed by atoms with E-state index in [1.165, 1.54) is 41.0 Å². The van der Waals surface area contributed by atoms with E-state index in [-0.39, 0.29) is 5.41 Å². The second-order valence-corrected chi connectivity index (χ2v) is 7.68. The van der Waals surface area contributed by atoms with Gasteiger partial charge < -0.3 is 0 Å². The molecule has 2 heterocycles. The maximum absolute atomic E-state index is 4.07. The standard InChI is InChI=1S/C22H24NS/c1-3-14-22(17-10-12-18(24-2)13-11-17)16-23-15-6-9-21(23)19-7-4-5-8-20(19)22/h3-5,7-8,10-13,16,21H,1,6,9,14-15H2,2H3/q+1/t21-,22-/m1/s1. The first kappa shape index (κ1) is 15.7. The van der Waals surface area contributed by atoms with Crippen molar-refractivity contribution in [3.8, 4) is 0 Å². The number of benzene rings is 2. The minimum absolute atomic E-state index is 0.0872. The van der Waals surface area contributed by atoms with Crippen LogP contribution in [0.5, 0.6) is 0 Å². The van der Waals surface area contributed by atoms with Gasteiger partial charge in [-0.3, -0.25) is 0 Å². The molecule has 1 fully saturated rings. The van der Waals surface area contributed by atoms with Crippen LogP contribution in [0.15, 0.2) is 66.1 Å². The fourth-order valence-electron chi connectivity index (χ4n) is 4.45. The van der Waals surface area contributed by atoms with Crippen LogP contribution in [0, 0.1) is 0 Å². The molecule has 0 N–H and O–H groups in total. The van der Waals surface area contributed by atoms with Crippen molar-refractivity contribution < 1.29 is 4.58 Å². The molecule has 2 heteroatoms. The van der Waals surface area contributed by atoms with E-state index in [0.717, 1.165) is 6.42 Å². The van der Waals surface area contributed by atoms with E-state index in [1.807, 2.05) is 0 Å². The first-order chi connectivity index (χ1) is 11.8. The molecule has 0 radical (unpaired) electrons. The van der Waals surface area contributed by atoms with Crippen molar-refractivity contribution in [2.24, 2.45) is 0 Å². The van der Waals surface area contributed by atoms with Crippen molar-refractivity contribution in [2.75, 3.05) is 12.8 Å². The van der Waals surface area contributed by atoms with Gasteiger partial charge in [-0.25, -0.2) is 4.58 Å². The molecule has 0 saturated carbocycles. The lowest BCUT2D eigenvalue weighted by atomic mass is 9.69. The lowest BCUT2D eigenvalue weighted by Crippen LogP contribution is -2.39. The van der Waals surface area contributed by atoms with Gasteiger partial charge in [0.15, 0.2) is 12.3 Å². The Kier molecular flexibility index (Phi) is 4.09. The highest BCUT2D eigenvalue weighted by Crippen LogP contribution is 2.45. The summed E-state index contributed by atoms with van der Waals surface area (Å²) in [5, 5.41) is 0. The van der Waals surface area contributed by atoms with E-state index in [0.29, 0.717) is 6.04 Å². The summed E-state index contributed by atoms with van der Waals surface area (Å²) in [5.41, 5.74) is 4.26. The quantitative estimate of drug-likeness (QED) is 0.422. The van der Waals surface area contributed by atoms with E-state index in [4.69, 9.17) is 0 Å². The summed E-state index contributed by atoms with van der Waals surface area (Å²) in [4.78, 5) is 1.32. The lowest BCUT2D eigenvalue weighted by molar-refractivity contribution is -0.550. The van der Waals surface area contributed by atoms with Gasteiger partial charge >= 0.3 is 0 Å².